The Hall–Kier alpha value is -4.08. The van der Waals surface area contributed by atoms with Gasteiger partial charge in [0, 0.05) is 10.6 Å². The van der Waals surface area contributed by atoms with Crippen LogP contribution < -0.4 is 19.1 Å². The summed E-state index contributed by atoms with van der Waals surface area (Å²) in [6, 6.07) is 15.9. The van der Waals surface area contributed by atoms with Crippen LogP contribution in [0.2, 0.25) is 5.02 Å². The lowest BCUT2D eigenvalue weighted by atomic mass is 9.95. The Morgan fingerprint density at radius 2 is 1.76 bits per heavy atom. The van der Waals surface area contributed by atoms with E-state index < -0.39 is 17.7 Å². The molecule has 0 unspecified atom stereocenters. The van der Waals surface area contributed by atoms with Crippen LogP contribution in [0.15, 0.2) is 66.2 Å². The number of carbonyl (C=O) groups is 2. The van der Waals surface area contributed by atoms with Crippen LogP contribution in [0.4, 0.5) is 5.13 Å². The maximum Gasteiger partial charge on any atom is 0.301 e. The Bertz CT molecular complexity index is 1580. The summed E-state index contributed by atoms with van der Waals surface area (Å²) in [5, 5.41) is 12.1. The van der Waals surface area contributed by atoms with E-state index in [2.05, 4.69) is 4.98 Å². The first-order valence-corrected chi connectivity index (χ1v) is 12.9. The quantitative estimate of drug-likeness (QED) is 0.171. The molecule has 0 radical (unpaired) electrons. The van der Waals surface area contributed by atoms with Crippen molar-refractivity contribution in [1.82, 2.24) is 4.98 Å². The van der Waals surface area contributed by atoms with Crippen molar-refractivity contribution in [2.24, 2.45) is 0 Å². The normalized spacial score (nSPS) is 16.7. The van der Waals surface area contributed by atoms with Crippen LogP contribution in [0.5, 0.6) is 17.2 Å². The number of amides is 1. The molecule has 1 aliphatic rings. The molecule has 1 amide bonds. The van der Waals surface area contributed by atoms with Gasteiger partial charge in [-0.3, -0.25) is 14.5 Å². The van der Waals surface area contributed by atoms with E-state index in [0.29, 0.717) is 50.7 Å². The summed E-state index contributed by atoms with van der Waals surface area (Å²) in [5.74, 6) is -0.378. The molecular weight excluding hydrogens is 528 g/mol. The van der Waals surface area contributed by atoms with Crippen molar-refractivity contribution in [3.8, 4) is 17.2 Å². The van der Waals surface area contributed by atoms with E-state index in [9.17, 15) is 14.7 Å². The fourth-order valence-corrected chi connectivity index (χ4v) is 5.53. The van der Waals surface area contributed by atoms with Gasteiger partial charge in [-0.1, -0.05) is 29.0 Å². The number of hydrogen-bond donors (Lipinski definition) is 1. The minimum Gasteiger partial charge on any atom is -0.507 e. The highest BCUT2D eigenvalue weighted by Crippen LogP contribution is 2.46. The molecule has 10 heteroatoms. The van der Waals surface area contributed by atoms with Gasteiger partial charge in [0.2, 0.25) is 0 Å². The van der Waals surface area contributed by atoms with Gasteiger partial charge in [0.15, 0.2) is 16.6 Å². The number of Topliss-reactive ketones (excluding diaryl/α,β-unsaturated/α-hetero) is 1. The number of ketones is 1. The Balaban J connectivity index is 1.71. The van der Waals surface area contributed by atoms with Crippen molar-refractivity contribution in [3.63, 3.8) is 0 Å². The Morgan fingerprint density at radius 3 is 2.45 bits per heavy atom. The first kappa shape index (κ1) is 25.6. The molecule has 5 rings (SSSR count). The lowest BCUT2D eigenvalue weighted by molar-refractivity contribution is -0.132. The van der Waals surface area contributed by atoms with Gasteiger partial charge >= 0.3 is 5.91 Å². The first-order valence-electron chi connectivity index (χ1n) is 11.7. The number of aliphatic hydroxyl groups is 1. The predicted molar refractivity (Wildman–Crippen MR) is 147 cm³/mol. The Kier molecular flexibility index (Phi) is 6.96. The van der Waals surface area contributed by atoms with Gasteiger partial charge in [0.25, 0.3) is 5.78 Å². The molecule has 0 saturated carbocycles. The zero-order chi connectivity index (χ0) is 27.0. The van der Waals surface area contributed by atoms with E-state index in [4.69, 9.17) is 25.8 Å². The third kappa shape index (κ3) is 4.44. The SMILES string of the molecule is CCOc1ccc2nc(N3C(=O)C(=O)C(=C(O)c4ccc(Cl)cc4)[C@@H]3c3ccc(OC)c(OC)c3)sc2c1. The van der Waals surface area contributed by atoms with E-state index >= 15 is 0 Å². The maximum absolute atomic E-state index is 13.5. The lowest BCUT2D eigenvalue weighted by Gasteiger charge is -2.23. The van der Waals surface area contributed by atoms with E-state index in [0.717, 1.165) is 4.70 Å². The second kappa shape index (κ2) is 10.4. The van der Waals surface area contributed by atoms with Crippen LogP contribution in [0, 0.1) is 0 Å². The summed E-state index contributed by atoms with van der Waals surface area (Å²) in [4.78, 5) is 32.9. The lowest BCUT2D eigenvalue weighted by Crippen LogP contribution is -2.29. The van der Waals surface area contributed by atoms with Crippen LogP contribution >= 0.6 is 22.9 Å². The molecule has 1 N–H and O–H groups in total. The van der Waals surface area contributed by atoms with Gasteiger partial charge in [-0.25, -0.2) is 4.98 Å². The number of carbonyl (C=O) groups excluding carboxylic acids is 2. The molecule has 0 bridgehead atoms. The monoisotopic (exact) mass is 550 g/mol. The van der Waals surface area contributed by atoms with Crippen molar-refractivity contribution in [1.29, 1.82) is 0 Å². The largest absolute Gasteiger partial charge is 0.507 e. The molecular formula is C28H23ClN2O6S. The van der Waals surface area contributed by atoms with Crippen molar-refractivity contribution in [2.45, 2.75) is 13.0 Å². The number of rotatable bonds is 7. The van der Waals surface area contributed by atoms with Gasteiger partial charge in [-0.05, 0) is 67.1 Å². The summed E-state index contributed by atoms with van der Waals surface area (Å²) >= 11 is 7.27. The Labute approximate surface area is 227 Å². The molecule has 0 aliphatic carbocycles. The average Bonchev–Trinajstić information content (AvgIpc) is 3.46. The number of halogens is 1. The van der Waals surface area contributed by atoms with Crippen LogP contribution in [0.25, 0.3) is 16.0 Å². The highest BCUT2D eigenvalue weighted by molar-refractivity contribution is 7.22. The summed E-state index contributed by atoms with van der Waals surface area (Å²) in [7, 11) is 3.01. The molecule has 0 spiro atoms. The number of nitrogens with zero attached hydrogens (tertiary/aromatic N) is 2. The summed E-state index contributed by atoms with van der Waals surface area (Å²) in [5.41, 5.74) is 1.47. The minimum atomic E-state index is -0.975. The van der Waals surface area contributed by atoms with Crippen molar-refractivity contribution >= 4 is 55.7 Å². The molecule has 1 saturated heterocycles. The molecule has 4 aromatic rings. The Morgan fingerprint density at radius 1 is 1.03 bits per heavy atom. The van der Waals surface area contributed by atoms with Gasteiger partial charge in [-0.15, -0.1) is 0 Å². The molecule has 194 valence electrons. The van der Waals surface area contributed by atoms with Crippen LogP contribution in [-0.4, -0.2) is 42.6 Å². The maximum atomic E-state index is 13.5. The smallest absolute Gasteiger partial charge is 0.301 e. The molecule has 3 aromatic carbocycles. The zero-order valence-electron chi connectivity index (χ0n) is 20.7. The number of aliphatic hydroxyl groups excluding tert-OH is 1. The van der Waals surface area contributed by atoms with E-state index in [-0.39, 0.29) is 11.3 Å². The number of hydrogen-bond acceptors (Lipinski definition) is 8. The molecule has 1 aliphatic heterocycles. The van der Waals surface area contributed by atoms with E-state index in [1.807, 2.05) is 13.0 Å². The van der Waals surface area contributed by atoms with Crippen LogP contribution in [0.1, 0.15) is 24.1 Å². The molecule has 8 nitrogen and oxygen atoms in total. The third-order valence-corrected chi connectivity index (χ3v) is 7.42. The molecule has 2 heterocycles. The van der Waals surface area contributed by atoms with E-state index in [1.165, 1.54) is 30.5 Å². The van der Waals surface area contributed by atoms with E-state index in [1.54, 1.807) is 54.6 Å². The van der Waals surface area contributed by atoms with Crippen molar-refractivity contribution < 1.29 is 28.9 Å². The predicted octanol–water partition coefficient (Wildman–Crippen LogP) is 5.99. The highest BCUT2D eigenvalue weighted by Gasteiger charge is 2.48. The average molecular weight is 551 g/mol. The molecule has 1 atom stereocenters. The second-order valence-corrected chi connectivity index (χ2v) is 9.79. The summed E-state index contributed by atoms with van der Waals surface area (Å²) < 4.78 is 17.2. The molecule has 1 aromatic heterocycles. The second-order valence-electron chi connectivity index (χ2n) is 8.35. The van der Waals surface area contributed by atoms with Gasteiger partial charge < -0.3 is 19.3 Å². The molecule has 38 heavy (non-hydrogen) atoms. The van der Waals surface area contributed by atoms with Gasteiger partial charge in [0.1, 0.15) is 11.5 Å². The van der Waals surface area contributed by atoms with Crippen LogP contribution in [0.3, 0.4) is 0 Å². The topological polar surface area (TPSA) is 98.2 Å². The zero-order valence-corrected chi connectivity index (χ0v) is 22.3. The number of ether oxygens (including phenoxy) is 3. The number of anilines is 1. The standard InChI is InChI=1S/C28H23ClN2O6S/c1-4-37-18-10-11-19-22(14-18)38-28(30-19)31-24(16-7-12-20(35-2)21(13-16)36-3)23(26(33)27(31)34)25(32)15-5-8-17(29)9-6-15/h5-14,24,32H,4H2,1-3H3/t24-/m0/s1. The number of methoxy groups -OCH3 is 2. The van der Waals surface area contributed by atoms with Gasteiger partial charge in [0.05, 0.1) is 42.7 Å². The fraction of sp³-hybridized carbons (Fsp3) is 0.179. The minimum absolute atomic E-state index is 0.0706. The summed E-state index contributed by atoms with van der Waals surface area (Å²) in [6.45, 7) is 2.40. The highest BCUT2D eigenvalue weighted by atomic mass is 35.5. The summed E-state index contributed by atoms with van der Waals surface area (Å²) in [6.07, 6.45) is 0. The number of benzene rings is 3. The number of thiazole rings is 1. The van der Waals surface area contributed by atoms with Crippen molar-refractivity contribution in [2.75, 3.05) is 25.7 Å². The fourth-order valence-electron chi connectivity index (χ4n) is 4.38. The first-order chi connectivity index (χ1) is 18.4. The van der Waals surface area contributed by atoms with Gasteiger partial charge in [-0.2, -0.15) is 0 Å². The van der Waals surface area contributed by atoms with Crippen LogP contribution in [-0.2, 0) is 9.59 Å². The molecule has 1 fully saturated rings. The number of fused-ring (bicyclic) bond motifs is 1. The number of aromatic nitrogens is 1. The van der Waals surface area contributed by atoms with Crippen molar-refractivity contribution in [3.05, 3.63) is 82.4 Å². The third-order valence-electron chi connectivity index (χ3n) is 6.15.